The number of carbonyl (C=O) groups is 1. The van der Waals surface area contributed by atoms with Crippen molar-refractivity contribution >= 4 is 5.91 Å². The Labute approximate surface area is 142 Å². The van der Waals surface area contributed by atoms with Crippen molar-refractivity contribution in [1.29, 1.82) is 0 Å². The highest BCUT2D eigenvalue weighted by Gasteiger charge is 2.51. The molecule has 0 aliphatic rings. The van der Waals surface area contributed by atoms with Crippen LogP contribution in [0.5, 0.6) is 0 Å². The maximum absolute atomic E-state index is 12.7. The lowest BCUT2D eigenvalue weighted by molar-refractivity contribution is -0.254. The molecule has 0 saturated carbocycles. The number of halogens is 3. The molecule has 0 fully saturated rings. The first-order valence-electron chi connectivity index (χ1n) is 7.52. The number of amides is 1. The van der Waals surface area contributed by atoms with E-state index >= 15 is 0 Å². The quantitative estimate of drug-likeness (QED) is 0.894. The van der Waals surface area contributed by atoms with Gasteiger partial charge >= 0.3 is 6.18 Å². The van der Waals surface area contributed by atoms with Gasteiger partial charge in [-0.3, -0.25) is 4.79 Å². The zero-order chi connectivity index (χ0) is 18.8. The Hall–Kier alpha value is -2.42. The predicted molar refractivity (Wildman–Crippen MR) is 83.8 cm³/mol. The number of aliphatic hydroxyl groups is 1. The zero-order valence-electron chi connectivity index (χ0n) is 14.0. The molecular formula is C16H19F3N4O2. The first-order chi connectivity index (χ1) is 11.5. The van der Waals surface area contributed by atoms with Crippen molar-refractivity contribution in [2.45, 2.75) is 38.1 Å². The van der Waals surface area contributed by atoms with Crippen LogP contribution in [0.25, 0.3) is 5.69 Å². The van der Waals surface area contributed by atoms with Crippen molar-refractivity contribution in [3.8, 4) is 5.69 Å². The average molecular weight is 356 g/mol. The molecule has 0 spiro atoms. The number of aromatic nitrogens is 3. The van der Waals surface area contributed by atoms with Gasteiger partial charge < -0.3 is 10.0 Å². The van der Waals surface area contributed by atoms with Crippen molar-refractivity contribution in [1.82, 2.24) is 19.7 Å². The van der Waals surface area contributed by atoms with Gasteiger partial charge in [0.25, 0.3) is 0 Å². The van der Waals surface area contributed by atoms with Crippen LogP contribution in [0.1, 0.15) is 31.9 Å². The summed E-state index contributed by atoms with van der Waals surface area (Å²) in [6.07, 6.45) is -2.97. The normalized spacial score (nSPS) is 15.5. The number of nitrogens with zero attached hydrogens (tertiary/aromatic N) is 4. The topological polar surface area (TPSA) is 71.2 Å². The Morgan fingerprint density at radius 3 is 2.40 bits per heavy atom. The lowest BCUT2D eigenvalue weighted by Crippen LogP contribution is -2.46. The molecule has 0 bridgehead atoms. The number of hydrogen-bond donors (Lipinski definition) is 1. The van der Waals surface area contributed by atoms with E-state index in [2.05, 4.69) is 10.1 Å². The largest absolute Gasteiger partial charge is 0.417 e. The molecular weight excluding hydrogens is 337 g/mol. The number of rotatable bonds is 5. The van der Waals surface area contributed by atoms with Crippen LogP contribution in [0.15, 0.2) is 36.9 Å². The summed E-state index contributed by atoms with van der Waals surface area (Å²) in [6, 6.07) is 6.59. The third-order valence-corrected chi connectivity index (χ3v) is 4.14. The Morgan fingerprint density at radius 2 is 1.92 bits per heavy atom. The fraction of sp³-hybridized carbons (Fsp3) is 0.438. The fourth-order valence-corrected chi connectivity index (χ4v) is 2.21. The summed E-state index contributed by atoms with van der Waals surface area (Å²) in [6.45, 7) is 2.29. The molecule has 1 amide bonds. The van der Waals surface area contributed by atoms with Crippen molar-refractivity contribution in [3.63, 3.8) is 0 Å². The second kappa shape index (κ2) is 6.83. The smallest absolute Gasteiger partial charge is 0.380 e. The van der Waals surface area contributed by atoms with Crippen molar-refractivity contribution in [3.05, 3.63) is 42.5 Å². The lowest BCUT2D eigenvalue weighted by atomic mass is 9.99. The summed E-state index contributed by atoms with van der Waals surface area (Å²) < 4.78 is 39.7. The third kappa shape index (κ3) is 4.16. The average Bonchev–Trinajstić information content (AvgIpc) is 3.06. The Kier molecular flexibility index (Phi) is 5.17. The lowest BCUT2D eigenvalue weighted by Gasteiger charge is -2.31. The Balaban J connectivity index is 2.09. The van der Waals surface area contributed by atoms with E-state index in [1.165, 1.54) is 24.6 Å². The number of benzene rings is 1. The highest BCUT2D eigenvalue weighted by molar-refractivity contribution is 5.77. The highest BCUT2D eigenvalue weighted by atomic mass is 19.4. The van der Waals surface area contributed by atoms with Gasteiger partial charge in [-0.25, -0.2) is 9.67 Å². The fourth-order valence-electron chi connectivity index (χ4n) is 2.21. The van der Waals surface area contributed by atoms with Crippen LogP contribution in [-0.4, -0.2) is 49.5 Å². The van der Waals surface area contributed by atoms with Gasteiger partial charge in [0.2, 0.25) is 5.91 Å². The first-order valence-corrected chi connectivity index (χ1v) is 7.52. The summed E-state index contributed by atoms with van der Waals surface area (Å²) in [5, 5.41) is 13.5. The molecule has 0 aliphatic carbocycles. The SMILES string of the molecule is C[C@H](c1ccc(-n2cncn2)cc1)N(C)C(=O)C[C@@](C)(O)C(F)(F)F. The number of alkyl halides is 3. The highest BCUT2D eigenvalue weighted by Crippen LogP contribution is 2.33. The first kappa shape index (κ1) is 18.9. The van der Waals surface area contributed by atoms with Gasteiger partial charge in [-0.1, -0.05) is 12.1 Å². The molecule has 1 N–H and O–H groups in total. The Morgan fingerprint density at radius 1 is 1.32 bits per heavy atom. The second-order valence-electron chi connectivity index (χ2n) is 6.06. The number of hydrogen-bond acceptors (Lipinski definition) is 4. The van der Waals surface area contributed by atoms with Gasteiger partial charge in [-0.05, 0) is 31.5 Å². The van der Waals surface area contributed by atoms with E-state index in [9.17, 15) is 23.1 Å². The van der Waals surface area contributed by atoms with Gasteiger partial charge in [0.05, 0.1) is 18.2 Å². The van der Waals surface area contributed by atoms with Crippen LogP contribution in [-0.2, 0) is 4.79 Å². The molecule has 1 aromatic carbocycles. The van der Waals surface area contributed by atoms with Crippen molar-refractivity contribution < 1.29 is 23.1 Å². The molecule has 6 nitrogen and oxygen atoms in total. The maximum Gasteiger partial charge on any atom is 0.417 e. The minimum absolute atomic E-state index is 0.457. The van der Waals surface area contributed by atoms with Crippen LogP contribution in [0.3, 0.4) is 0 Å². The third-order valence-electron chi connectivity index (χ3n) is 4.14. The molecule has 1 aromatic heterocycles. The van der Waals surface area contributed by atoms with Crippen LogP contribution in [0.2, 0.25) is 0 Å². The van der Waals surface area contributed by atoms with Crippen LogP contribution < -0.4 is 0 Å². The predicted octanol–water partition coefficient (Wildman–Crippen LogP) is 2.49. The maximum atomic E-state index is 12.7. The summed E-state index contributed by atoms with van der Waals surface area (Å²) in [5.41, 5.74) is -1.55. The van der Waals surface area contributed by atoms with E-state index in [-0.39, 0.29) is 0 Å². The van der Waals surface area contributed by atoms with Gasteiger partial charge in [-0.15, -0.1) is 0 Å². The van der Waals surface area contributed by atoms with E-state index in [1.54, 1.807) is 35.9 Å². The van der Waals surface area contributed by atoms with Crippen LogP contribution >= 0.6 is 0 Å². The van der Waals surface area contributed by atoms with E-state index in [4.69, 9.17) is 0 Å². The molecule has 2 atom stereocenters. The van der Waals surface area contributed by atoms with Crippen LogP contribution in [0.4, 0.5) is 13.2 Å². The minimum atomic E-state index is -4.87. The van der Waals surface area contributed by atoms with Gasteiger partial charge in [0.15, 0.2) is 5.60 Å². The minimum Gasteiger partial charge on any atom is -0.380 e. The molecule has 25 heavy (non-hydrogen) atoms. The van der Waals surface area contributed by atoms with Crippen molar-refractivity contribution in [2.24, 2.45) is 0 Å². The second-order valence-corrected chi connectivity index (χ2v) is 6.06. The number of carbonyl (C=O) groups excluding carboxylic acids is 1. The molecule has 0 aliphatic heterocycles. The summed E-state index contributed by atoms with van der Waals surface area (Å²) in [7, 11) is 1.41. The standard InChI is InChI=1S/C16H19F3N4O2/c1-11(22(3)14(24)8-15(2,25)16(17,18)19)12-4-6-13(7-5-12)23-10-20-9-21-23/h4-7,9-11,25H,8H2,1-3H3/t11-,15-/m1/s1. The molecule has 136 valence electrons. The molecule has 9 heteroatoms. The zero-order valence-corrected chi connectivity index (χ0v) is 14.0. The summed E-state index contributed by atoms with van der Waals surface area (Å²) >= 11 is 0. The van der Waals surface area contributed by atoms with E-state index in [0.717, 1.165) is 11.3 Å². The molecule has 0 unspecified atom stereocenters. The molecule has 1 heterocycles. The van der Waals surface area contributed by atoms with Gasteiger partial charge in [-0.2, -0.15) is 18.3 Å². The monoisotopic (exact) mass is 356 g/mol. The van der Waals surface area contributed by atoms with Gasteiger partial charge in [0, 0.05) is 7.05 Å². The van der Waals surface area contributed by atoms with E-state index < -0.39 is 30.1 Å². The summed E-state index contributed by atoms with van der Waals surface area (Å²) in [4.78, 5) is 17.1. The van der Waals surface area contributed by atoms with Crippen molar-refractivity contribution in [2.75, 3.05) is 7.05 Å². The molecule has 2 aromatic rings. The molecule has 0 radical (unpaired) electrons. The molecule has 0 saturated heterocycles. The van der Waals surface area contributed by atoms with Gasteiger partial charge in [0.1, 0.15) is 12.7 Å². The van der Waals surface area contributed by atoms with E-state index in [0.29, 0.717) is 6.92 Å². The summed E-state index contributed by atoms with van der Waals surface area (Å²) in [5.74, 6) is -0.796. The van der Waals surface area contributed by atoms with E-state index in [1.807, 2.05) is 0 Å². The molecule has 2 rings (SSSR count). The Bertz CT molecular complexity index is 712. The van der Waals surface area contributed by atoms with Crippen LogP contribution in [0, 0.1) is 0 Å².